The van der Waals surface area contributed by atoms with Crippen LogP contribution in [0.2, 0.25) is 0 Å². The largest absolute Gasteiger partial charge is 0.456 e. The molecule has 0 aliphatic heterocycles. The Morgan fingerprint density at radius 1 is 0.953 bits per heavy atom. The van der Waals surface area contributed by atoms with Crippen LogP contribution in [0.5, 0.6) is 0 Å². The van der Waals surface area contributed by atoms with Crippen LogP contribution in [0.3, 0.4) is 0 Å². The van der Waals surface area contributed by atoms with Crippen molar-refractivity contribution in [3.8, 4) is 0 Å². The van der Waals surface area contributed by atoms with Crippen molar-refractivity contribution in [2.45, 2.75) is 64.6 Å². The van der Waals surface area contributed by atoms with Crippen molar-refractivity contribution in [3.63, 3.8) is 0 Å². The molecular weight excluding hydrogens is 552 g/mol. The van der Waals surface area contributed by atoms with Crippen LogP contribution < -0.4 is 11.1 Å². The summed E-state index contributed by atoms with van der Waals surface area (Å²) in [6, 6.07) is 16.6. The highest BCUT2D eigenvalue weighted by Gasteiger charge is 2.26. The molecule has 0 fully saturated rings. The van der Waals surface area contributed by atoms with E-state index in [1.807, 2.05) is 44.2 Å². The zero-order valence-corrected chi connectivity index (χ0v) is 25.2. The molecule has 0 radical (unpaired) electrons. The smallest absolute Gasteiger partial charge is 0.338 e. The molecule has 0 heterocycles. The Morgan fingerprint density at radius 2 is 1.58 bits per heavy atom. The fourth-order valence-corrected chi connectivity index (χ4v) is 5.14. The summed E-state index contributed by atoms with van der Waals surface area (Å²) < 4.78 is 33.7. The number of hydrogen-bond acceptors (Lipinski definition) is 6. The number of ether oxygens (including phenoxy) is 1. The van der Waals surface area contributed by atoms with Crippen molar-refractivity contribution in [1.82, 2.24) is 10.2 Å². The highest BCUT2D eigenvalue weighted by Crippen LogP contribution is 2.20. The molecule has 1 amide bonds. The summed E-state index contributed by atoms with van der Waals surface area (Å²) in [7, 11) is 0. The van der Waals surface area contributed by atoms with Gasteiger partial charge in [0.05, 0.1) is 5.56 Å². The standard InChI is InChI=1S/C34H43F2N3O4/c1-4-12-39(13-5-2)33(41)26-15-23(3)16-27(20-26)34(42)43-32(30(37)19-24-17-28(35)21-29(36)18-24)22-38-31(11-14-40)25-9-7-6-8-10-25/h6-10,15-18,20-21,30-32,38,40H,4-5,11-14,19,22,37H2,1-3H3/t30-,31?,32-/m1/s1. The van der Waals surface area contributed by atoms with Gasteiger partial charge in [0.15, 0.2) is 0 Å². The third kappa shape index (κ3) is 10.2. The van der Waals surface area contributed by atoms with Crippen LogP contribution in [0, 0.1) is 18.6 Å². The number of benzene rings is 3. The number of nitrogens with zero attached hydrogens (tertiary/aromatic N) is 1. The van der Waals surface area contributed by atoms with Gasteiger partial charge >= 0.3 is 5.97 Å². The number of nitrogens with one attached hydrogen (secondary N) is 1. The van der Waals surface area contributed by atoms with Gasteiger partial charge in [0.2, 0.25) is 0 Å². The fraction of sp³-hybridized carbons (Fsp3) is 0.412. The van der Waals surface area contributed by atoms with E-state index in [-0.39, 0.29) is 37.1 Å². The van der Waals surface area contributed by atoms with Gasteiger partial charge in [-0.05, 0) is 79.6 Å². The Hall–Kier alpha value is -3.66. The van der Waals surface area contributed by atoms with Gasteiger partial charge in [-0.25, -0.2) is 13.6 Å². The van der Waals surface area contributed by atoms with E-state index in [0.29, 0.717) is 30.6 Å². The molecular formula is C34H43F2N3O4. The van der Waals surface area contributed by atoms with Crippen LogP contribution in [-0.4, -0.2) is 60.3 Å². The molecule has 3 aromatic carbocycles. The molecule has 0 aliphatic rings. The summed E-state index contributed by atoms with van der Waals surface area (Å²) in [5.74, 6) is -2.27. The van der Waals surface area contributed by atoms with Crippen LogP contribution in [0.25, 0.3) is 0 Å². The van der Waals surface area contributed by atoms with E-state index < -0.39 is 29.7 Å². The summed E-state index contributed by atoms with van der Waals surface area (Å²) in [5.41, 5.74) is 9.12. The summed E-state index contributed by atoms with van der Waals surface area (Å²) in [5, 5.41) is 13.0. The Kier molecular flexibility index (Phi) is 13.3. The minimum Gasteiger partial charge on any atom is -0.456 e. The predicted octanol–water partition coefficient (Wildman–Crippen LogP) is 5.34. The Morgan fingerprint density at radius 3 is 2.19 bits per heavy atom. The van der Waals surface area contributed by atoms with E-state index in [9.17, 15) is 23.5 Å². The second kappa shape index (κ2) is 16.8. The summed E-state index contributed by atoms with van der Waals surface area (Å²) in [4.78, 5) is 28.6. The molecule has 0 saturated carbocycles. The van der Waals surface area contributed by atoms with E-state index in [0.717, 1.165) is 30.0 Å². The lowest BCUT2D eigenvalue weighted by Gasteiger charge is -2.28. The first-order valence-electron chi connectivity index (χ1n) is 14.9. The van der Waals surface area contributed by atoms with Gasteiger partial charge in [0.1, 0.15) is 17.7 Å². The highest BCUT2D eigenvalue weighted by atomic mass is 19.1. The lowest BCUT2D eigenvalue weighted by Crippen LogP contribution is -2.46. The lowest BCUT2D eigenvalue weighted by atomic mass is 9.99. The van der Waals surface area contributed by atoms with E-state index in [2.05, 4.69) is 5.32 Å². The maximum atomic E-state index is 13.9. The molecule has 0 spiro atoms. The zero-order chi connectivity index (χ0) is 31.4. The van der Waals surface area contributed by atoms with Crippen molar-refractivity contribution in [2.24, 2.45) is 5.73 Å². The Labute approximate surface area is 253 Å². The number of aryl methyl sites for hydroxylation is 1. The predicted molar refractivity (Wildman–Crippen MR) is 164 cm³/mol. The quantitative estimate of drug-likeness (QED) is 0.193. The normalized spacial score (nSPS) is 13.3. The molecule has 3 aromatic rings. The van der Waals surface area contributed by atoms with E-state index >= 15 is 0 Å². The van der Waals surface area contributed by atoms with Crippen molar-refractivity contribution in [2.75, 3.05) is 26.2 Å². The molecule has 9 heteroatoms. The summed E-state index contributed by atoms with van der Waals surface area (Å²) >= 11 is 0. The molecule has 3 rings (SSSR count). The maximum Gasteiger partial charge on any atom is 0.338 e. The number of carbonyl (C=O) groups is 2. The number of halogens is 2. The fourth-order valence-electron chi connectivity index (χ4n) is 5.14. The van der Waals surface area contributed by atoms with Gasteiger partial charge < -0.3 is 25.8 Å². The van der Waals surface area contributed by atoms with Crippen molar-refractivity contribution in [3.05, 3.63) is 106 Å². The minimum atomic E-state index is -0.903. The number of rotatable bonds is 16. The van der Waals surface area contributed by atoms with Gasteiger partial charge in [-0.2, -0.15) is 0 Å². The van der Waals surface area contributed by atoms with Gasteiger partial charge in [-0.15, -0.1) is 0 Å². The number of carbonyl (C=O) groups excluding carboxylic acids is 2. The lowest BCUT2D eigenvalue weighted by molar-refractivity contribution is 0.0229. The molecule has 0 aromatic heterocycles. The van der Waals surface area contributed by atoms with Crippen molar-refractivity contribution >= 4 is 11.9 Å². The number of nitrogens with two attached hydrogens (primary N) is 1. The second-order valence-corrected chi connectivity index (χ2v) is 10.9. The molecule has 1 unspecified atom stereocenters. The van der Waals surface area contributed by atoms with Crippen LogP contribution in [0.1, 0.15) is 76.6 Å². The number of amides is 1. The van der Waals surface area contributed by atoms with Crippen molar-refractivity contribution in [1.29, 1.82) is 0 Å². The van der Waals surface area contributed by atoms with E-state index in [1.165, 1.54) is 18.2 Å². The number of aliphatic hydroxyl groups excluding tert-OH is 1. The molecule has 3 atom stereocenters. The highest BCUT2D eigenvalue weighted by molar-refractivity contribution is 5.98. The Bertz CT molecular complexity index is 1310. The first-order chi connectivity index (χ1) is 20.6. The monoisotopic (exact) mass is 595 g/mol. The van der Waals surface area contributed by atoms with E-state index in [1.54, 1.807) is 24.0 Å². The third-order valence-corrected chi connectivity index (χ3v) is 7.15. The van der Waals surface area contributed by atoms with Crippen LogP contribution >= 0.6 is 0 Å². The Balaban J connectivity index is 1.87. The first-order valence-corrected chi connectivity index (χ1v) is 14.9. The molecule has 7 nitrogen and oxygen atoms in total. The van der Waals surface area contributed by atoms with Gasteiger partial charge in [0, 0.05) is 50.0 Å². The van der Waals surface area contributed by atoms with E-state index in [4.69, 9.17) is 10.5 Å². The molecule has 0 bridgehead atoms. The van der Waals surface area contributed by atoms with Gasteiger partial charge in [-0.1, -0.05) is 44.2 Å². The first kappa shape index (κ1) is 33.8. The molecule has 0 aliphatic carbocycles. The van der Waals surface area contributed by atoms with Gasteiger partial charge in [-0.3, -0.25) is 4.79 Å². The van der Waals surface area contributed by atoms with Gasteiger partial charge in [0.25, 0.3) is 5.91 Å². The van der Waals surface area contributed by atoms with Crippen LogP contribution in [-0.2, 0) is 11.2 Å². The van der Waals surface area contributed by atoms with Crippen LogP contribution in [0.15, 0.2) is 66.7 Å². The minimum absolute atomic E-state index is 0.0465. The molecule has 232 valence electrons. The third-order valence-electron chi connectivity index (χ3n) is 7.15. The molecule has 0 saturated heterocycles. The zero-order valence-electron chi connectivity index (χ0n) is 25.2. The molecule has 43 heavy (non-hydrogen) atoms. The average Bonchev–Trinajstić information content (AvgIpc) is 2.97. The maximum absolute atomic E-state index is 13.9. The average molecular weight is 596 g/mol. The topological polar surface area (TPSA) is 105 Å². The summed E-state index contributed by atoms with van der Waals surface area (Å²) in [6.45, 7) is 7.09. The second-order valence-electron chi connectivity index (χ2n) is 10.9. The van der Waals surface area contributed by atoms with Crippen LogP contribution in [0.4, 0.5) is 8.78 Å². The van der Waals surface area contributed by atoms with Crippen molar-refractivity contribution < 1.29 is 28.2 Å². The number of hydrogen-bond donors (Lipinski definition) is 3. The number of esters is 1. The number of aliphatic hydroxyl groups is 1. The SMILES string of the molecule is CCCN(CCC)C(=O)c1cc(C)cc(C(=O)O[C@H](CNC(CCO)c2ccccc2)[C@H](N)Cc2cc(F)cc(F)c2)c1. The molecule has 4 N–H and O–H groups in total. The summed E-state index contributed by atoms with van der Waals surface area (Å²) in [6.07, 6.45) is 1.18.